The summed E-state index contributed by atoms with van der Waals surface area (Å²) >= 11 is 0. The van der Waals surface area contributed by atoms with E-state index in [1.54, 1.807) is 0 Å². The molecule has 1 aromatic rings. The van der Waals surface area contributed by atoms with Gasteiger partial charge < -0.3 is 10.1 Å². The molecule has 0 unspecified atom stereocenters. The quantitative estimate of drug-likeness (QED) is 0.660. The molecule has 67 valence electrons. The molecule has 0 amide bonds. The van der Waals surface area contributed by atoms with Crippen molar-refractivity contribution in [2.75, 3.05) is 0 Å². The maximum atomic E-state index is 10.8. The minimum absolute atomic E-state index is 0. The largest absolute Gasteiger partial charge is 0.493 e. The Kier molecular flexibility index (Phi) is 5.29. The summed E-state index contributed by atoms with van der Waals surface area (Å²) in [5, 5.41) is 8.98. The molecular weight excluding hydrogens is 179 g/mol. The number of H-pyrrole nitrogens is 1. The molecule has 1 heterocycles. The number of aromatic hydroxyl groups is 1. The summed E-state index contributed by atoms with van der Waals surface area (Å²) in [6, 6.07) is 1.06. The molecule has 0 fully saturated rings. The number of nitrogens with one attached hydrogen (secondary N) is 1. The van der Waals surface area contributed by atoms with Crippen molar-refractivity contribution in [2.45, 2.75) is 20.3 Å². The van der Waals surface area contributed by atoms with Crippen LogP contribution in [-0.4, -0.2) is 44.6 Å². The van der Waals surface area contributed by atoms with Crippen LogP contribution in [0.1, 0.15) is 19.7 Å². The topological polar surface area (TPSA) is 66.0 Å². The van der Waals surface area contributed by atoms with Gasteiger partial charge in [-0.3, -0.25) is 4.79 Å². The van der Waals surface area contributed by atoms with E-state index in [2.05, 4.69) is 9.97 Å². The van der Waals surface area contributed by atoms with Gasteiger partial charge in [-0.05, 0) is 5.92 Å². The van der Waals surface area contributed by atoms with Crippen LogP contribution in [0.25, 0.3) is 0 Å². The molecule has 5 heteroatoms. The molecule has 13 heavy (non-hydrogen) atoms. The molecule has 0 aliphatic rings. The molecule has 0 aromatic carbocycles. The van der Waals surface area contributed by atoms with Crippen molar-refractivity contribution in [3.63, 3.8) is 0 Å². The fraction of sp³-hybridized carbons (Fsp3) is 0.500. The Hall–Kier alpha value is -0.320. The number of hydrogen-bond donors (Lipinski definition) is 2. The second-order valence-electron chi connectivity index (χ2n) is 3.15. The number of aromatic amines is 1. The zero-order valence-corrected chi connectivity index (χ0v) is 10.2. The fourth-order valence-electron chi connectivity index (χ4n) is 0.977. The first-order valence-electron chi connectivity index (χ1n) is 3.87. The second-order valence-corrected chi connectivity index (χ2v) is 3.15. The van der Waals surface area contributed by atoms with Gasteiger partial charge in [0.05, 0.1) is 6.07 Å². The summed E-state index contributed by atoms with van der Waals surface area (Å²) in [5.74, 6) is 0.736. The van der Waals surface area contributed by atoms with Gasteiger partial charge in [-0.2, -0.15) is 0 Å². The maximum Gasteiger partial charge on any atom is 0.254 e. The van der Waals surface area contributed by atoms with Crippen molar-refractivity contribution >= 4 is 29.6 Å². The van der Waals surface area contributed by atoms with Gasteiger partial charge in [0.1, 0.15) is 5.82 Å². The first kappa shape index (κ1) is 12.7. The third-order valence-electron chi connectivity index (χ3n) is 1.38. The van der Waals surface area contributed by atoms with Crippen LogP contribution < -0.4 is 5.56 Å². The molecule has 0 saturated heterocycles. The molecule has 0 aliphatic heterocycles. The Morgan fingerprint density at radius 2 is 2.23 bits per heavy atom. The van der Waals surface area contributed by atoms with Crippen LogP contribution in [0.3, 0.4) is 0 Å². The van der Waals surface area contributed by atoms with Crippen LogP contribution >= 0.6 is 0 Å². The number of hydrogen-bond acceptors (Lipinski definition) is 3. The maximum absolute atomic E-state index is 10.8. The van der Waals surface area contributed by atoms with Crippen LogP contribution in [0.2, 0.25) is 0 Å². The summed E-state index contributed by atoms with van der Waals surface area (Å²) < 4.78 is 0. The molecule has 0 aliphatic carbocycles. The molecule has 1 aromatic heterocycles. The van der Waals surface area contributed by atoms with Crippen molar-refractivity contribution in [1.29, 1.82) is 0 Å². The van der Waals surface area contributed by atoms with Crippen molar-refractivity contribution in [1.82, 2.24) is 9.97 Å². The predicted molar refractivity (Wildman–Crippen MR) is 50.8 cm³/mol. The predicted octanol–water partition coefficient (Wildman–Crippen LogP) is 0.293. The van der Waals surface area contributed by atoms with Gasteiger partial charge >= 0.3 is 0 Å². The van der Waals surface area contributed by atoms with Crippen molar-refractivity contribution in [3.8, 4) is 5.88 Å². The molecule has 4 nitrogen and oxygen atoms in total. The number of rotatable bonds is 2. The second kappa shape index (κ2) is 5.42. The Bertz CT molecular complexity index is 322. The van der Waals surface area contributed by atoms with Crippen molar-refractivity contribution < 1.29 is 5.11 Å². The smallest absolute Gasteiger partial charge is 0.254 e. The molecular formula is C8H12N2NaO2. The van der Waals surface area contributed by atoms with Gasteiger partial charge in [-0.1, -0.05) is 13.8 Å². The summed E-state index contributed by atoms with van der Waals surface area (Å²) in [4.78, 5) is 17.2. The zero-order chi connectivity index (χ0) is 9.14. The fourth-order valence-corrected chi connectivity index (χ4v) is 0.977. The van der Waals surface area contributed by atoms with E-state index in [1.807, 2.05) is 13.8 Å². The summed E-state index contributed by atoms with van der Waals surface area (Å²) in [6.45, 7) is 4.04. The third-order valence-corrected chi connectivity index (χ3v) is 1.38. The van der Waals surface area contributed by atoms with E-state index in [0.717, 1.165) is 6.07 Å². The van der Waals surface area contributed by atoms with E-state index >= 15 is 0 Å². The van der Waals surface area contributed by atoms with E-state index in [0.29, 0.717) is 18.2 Å². The Balaban J connectivity index is 0.00000144. The van der Waals surface area contributed by atoms with Crippen LogP contribution in [-0.2, 0) is 6.42 Å². The van der Waals surface area contributed by atoms with Crippen LogP contribution in [0, 0.1) is 5.92 Å². The van der Waals surface area contributed by atoms with Gasteiger partial charge in [-0.15, -0.1) is 0 Å². The molecule has 0 bridgehead atoms. The molecule has 0 saturated carbocycles. The van der Waals surface area contributed by atoms with E-state index in [4.69, 9.17) is 5.11 Å². The number of nitrogens with zero attached hydrogens (tertiary/aromatic N) is 1. The van der Waals surface area contributed by atoms with E-state index in [9.17, 15) is 4.79 Å². The van der Waals surface area contributed by atoms with Gasteiger partial charge in [0.15, 0.2) is 0 Å². The standard InChI is InChI=1S/C8H12N2O2.Na/c1-5(2)3-6-9-7(11)4-8(12)10-6;/h4-5H,3H2,1-2H3,(H2,9,10,11,12);. The third kappa shape index (κ3) is 4.45. The minimum atomic E-state index is -0.307. The monoisotopic (exact) mass is 191 g/mol. The first-order valence-corrected chi connectivity index (χ1v) is 3.87. The summed E-state index contributed by atoms with van der Waals surface area (Å²) in [6.07, 6.45) is 0.670. The van der Waals surface area contributed by atoms with Crippen LogP contribution in [0.15, 0.2) is 10.9 Å². The van der Waals surface area contributed by atoms with E-state index < -0.39 is 0 Å². The summed E-state index contributed by atoms with van der Waals surface area (Å²) in [7, 11) is 0. The molecule has 0 spiro atoms. The van der Waals surface area contributed by atoms with Gasteiger partial charge in [0.25, 0.3) is 5.56 Å². The van der Waals surface area contributed by atoms with E-state index in [-0.39, 0.29) is 41.0 Å². The van der Waals surface area contributed by atoms with Gasteiger partial charge in [0, 0.05) is 36.0 Å². The average Bonchev–Trinajstić information content (AvgIpc) is 1.81. The summed E-state index contributed by atoms with van der Waals surface area (Å²) in [5.41, 5.74) is -0.307. The first-order chi connectivity index (χ1) is 5.58. The van der Waals surface area contributed by atoms with Gasteiger partial charge in [-0.25, -0.2) is 4.98 Å². The molecule has 0 atom stereocenters. The Morgan fingerprint density at radius 3 is 2.69 bits per heavy atom. The van der Waals surface area contributed by atoms with Crippen molar-refractivity contribution in [3.05, 3.63) is 22.2 Å². The minimum Gasteiger partial charge on any atom is -0.493 e. The Morgan fingerprint density at radius 1 is 1.62 bits per heavy atom. The molecule has 1 radical (unpaired) electrons. The molecule has 2 N–H and O–H groups in total. The normalized spacial score (nSPS) is 9.77. The van der Waals surface area contributed by atoms with Crippen molar-refractivity contribution in [2.24, 2.45) is 5.92 Å². The number of aromatic nitrogens is 2. The van der Waals surface area contributed by atoms with E-state index in [1.165, 1.54) is 0 Å². The SMILES string of the molecule is CC(C)Cc1nc(O)cc(=O)[nH]1.[Na]. The van der Waals surface area contributed by atoms with Crippen LogP contribution in [0.4, 0.5) is 0 Å². The average molecular weight is 191 g/mol. The van der Waals surface area contributed by atoms with Crippen LogP contribution in [0.5, 0.6) is 5.88 Å². The molecule has 1 rings (SSSR count). The zero-order valence-electron chi connectivity index (χ0n) is 8.16. The Labute approximate surface area is 98.7 Å². The van der Waals surface area contributed by atoms with Gasteiger partial charge in [0.2, 0.25) is 5.88 Å².